The zero-order chi connectivity index (χ0) is 7.56. The molecule has 0 fully saturated rings. The minimum Gasteiger partial charge on any atom is -0.393 e. The van der Waals surface area contributed by atoms with Gasteiger partial charge in [0.1, 0.15) is 6.10 Å². The second kappa shape index (κ2) is 3.34. The maximum Gasteiger partial charge on any atom is 0.111 e. The van der Waals surface area contributed by atoms with Crippen molar-refractivity contribution >= 4 is 22.9 Å². The van der Waals surface area contributed by atoms with Gasteiger partial charge in [-0.05, 0) is 12.1 Å². The lowest BCUT2D eigenvalue weighted by Crippen LogP contribution is -1.98. The van der Waals surface area contributed by atoms with Crippen LogP contribution < -0.4 is 0 Å². The Labute approximate surface area is 67.7 Å². The summed E-state index contributed by atoms with van der Waals surface area (Å²) in [6, 6.07) is 3.40. The SMILES string of the molecule is OC[C@H](O)c1ccc(Cl)s1. The van der Waals surface area contributed by atoms with Gasteiger partial charge in [-0.1, -0.05) is 11.6 Å². The molecule has 1 rings (SSSR count). The standard InChI is InChI=1S/C6H7ClO2S/c7-6-2-1-5(10-6)4(9)3-8/h1-2,4,8-9H,3H2/t4-/m0/s1. The summed E-state index contributed by atoms with van der Waals surface area (Å²) in [5.74, 6) is 0. The van der Waals surface area contributed by atoms with Gasteiger partial charge >= 0.3 is 0 Å². The van der Waals surface area contributed by atoms with E-state index in [0.717, 1.165) is 0 Å². The molecule has 1 heterocycles. The summed E-state index contributed by atoms with van der Waals surface area (Å²) in [4.78, 5) is 0.701. The fourth-order valence-corrected chi connectivity index (χ4v) is 1.64. The first-order valence-corrected chi connectivity index (χ1v) is 3.97. The van der Waals surface area contributed by atoms with E-state index in [1.165, 1.54) is 11.3 Å². The van der Waals surface area contributed by atoms with Crippen molar-refractivity contribution in [2.45, 2.75) is 6.10 Å². The third-order valence-corrected chi connectivity index (χ3v) is 2.43. The third kappa shape index (κ3) is 1.70. The molecule has 56 valence electrons. The molecule has 1 atom stereocenters. The van der Waals surface area contributed by atoms with Gasteiger partial charge in [-0.25, -0.2) is 0 Å². The van der Waals surface area contributed by atoms with E-state index in [4.69, 9.17) is 21.8 Å². The molecule has 2 N–H and O–H groups in total. The Bertz CT molecular complexity index is 211. The molecular formula is C6H7ClO2S. The topological polar surface area (TPSA) is 40.5 Å². The van der Waals surface area contributed by atoms with Crippen LogP contribution in [0.1, 0.15) is 11.0 Å². The lowest BCUT2D eigenvalue weighted by molar-refractivity contribution is 0.0984. The van der Waals surface area contributed by atoms with E-state index in [0.29, 0.717) is 9.21 Å². The predicted octanol–water partition coefficient (Wildman–Crippen LogP) is 1.43. The third-order valence-electron chi connectivity index (χ3n) is 1.10. The number of halogens is 1. The number of hydrogen-bond donors (Lipinski definition) is 2. The van der Waals surface area contributed by atoms with Crippen molar-refractivity contribution in [2.24, 2.45) is 0 Å². The molecule has 0 unspecified atom stereocenters. The van der Waals surface area contributed by atoms with E-state index in [1.807, 2.05) is 0 Å². The van der Waals surface area contributed by atoms with Crippen LogP contribution in [0.4, 0.5) is 0 Å². The van der Waals surface area contributed by atoms with Crippen LogP contribution in [0.15, 0.2) is 12.1 Å². The van der Waals surface area contributed by atoms with Crippen LogP contribution in [0, 0.1) is 0 Å². The fourth-order valence-electron chi connectivity index (χ4n) is 0.597. The van der Waals surface area contributed by atoms with Crippen LogP contribution in [0.3, 0.4) is 0 Å². The number of aliphatic hydroxyl groups is 2. The monoisotopic (exact) mass is 178 g/mol. The van der Waals surface area contributed by atoms with E-state index >= 15 is 0 Å². The van der Waals surface area contributed by atoms with Crippen LogP contribution in [0.25, 0.3) is 0 Å². The molecule has 2 nitrogen and oxygen atoms in total. The van der Waals surface area contributed by atoms with Crippen LogP contribution in [0.5, 0.6) is 0 Å². The Balaban J connectivity index is 2.74. The first kappa shape index (κ1) is 8.01. The second-order valence-corrected chi connectivity index (χ2v) is 3.59. The molecule has 0 bridgehead atoms. The number of hydrogen-bond acceptors (Lipinski definition) is 3. The smallest absolute Gasteiger partial charge is 0.111 e. The van der Waals surface area contributed by atoms with Crippen LogP contribution in [0.2, 0.25) is 4.34 Å². The fraction of sp³-hybridized carbons (Fsp3) is 0.333. The van der Waals surface area contributed by atoms with E-state index in [-0.39, 0.29) is 6.61 Å². The summed E-state index contributed by atoms with van der Waals surface area (Å²) in [6.07, 6.45) is -0.780. The van der Waals surface area contributed by atoms with Crippen molar-refractivity contribution in [3.8, 4) is 0 Å². The number of aliphatic hydroxyl groups excluding tert-OH is 2. The van der Waals surface area contributed by atoms with E-state index in [2.05, 4.69) is 0 Å². The largest absolute Gasteiger partial charge is 0.393 e. The molecule has 0 saturated heterocycles. The molecule has 10 heavy (non-hydrogen) atoms. The molecule has 0 amide bonds. The summed E-state index contributed by atoms with van der Waals surface area (Å²) in [6.45, 7) is -0.253. The highest BCUT2D eigenvalue weighted by Gasteiger charge is 2.07. The van der Waals surface area contributed by atoms with Gasteiger partial charge in [0.25, 0.3) is 0 Å². The summed E-state index contributed by atoms with van der Waals surface area (Å²) in [7, 11) is 0. The van der Waals surface area contributed by atoms with Gasteiger partial charge in [-0.2, -0.15) is 0 Å². The molecule has 0 aliphatic carbocycles. The van der Waals surface area contributed by atoms with Gasteiger partial charge in [0.2, 0.25) is 0 Å². The zero-order valence-corrected chi connectivity index (χ0v) is 6.69. The highest BCUT2D eigenvalue weighted by molar-refractivity contribution is 7.16. The molecule has 1 aromatic heterocycles. The Morgan fingerprint density at radius 2 is 2.30 bits per heavy atom. The predicted molar refractivity (Wildman–Crippen MR) is 41.4 cm³/mol. The molecule has 0 saturated carbocycles. The van der Waals surface area contributed by atoms with E-state index < -0.39 is 6.10 Å². The van der Waals surface area contributed by atoms with Crippen LogP contribution >= 0.6 is 22.9 Å². The number of thiophene rings is 1. The number of rotatable bonds is 2. The average Bonchev–Trinajstić information content (AvgIpc) is 2.34. The van der Waals surface area contributed by atoms with E-state index in [1.54, 1.807) is 12.1 Å². The molecule has 1 aromatic rings. The first-order valence-electron chi connectivity index (χ1n) is 2.78. The van der Waals surface area contributed by atoms with Gasteiger partial charge in [0.15, 0.2) is 0 Å². The Hall–Kier alpha value is -0.0900. The van der Waals surface area contributed by atoms with Gasteiger partial charge in [0.05, 0.1) is 10.9 Å². The van der Waals surface area contributed by atoms with Gasteiger partial charge in [-0.15, -0.1) is 11.3 Å². The zero-order valence-electron chi connectivity index (χ0n) is 5.12. The van der Waals surface area contributed by atoms with Crippen molar-refractivity contribution in [1.82, 2.24) is 0 Å². The van der Waals surface area contributed by atoms with E-state index in [9.17, 15) is 0 Å². The van der Waals surface area contributed by atoms with Crippen LogP contribution in [-0.4, -0.2) is 16.8 Å². The molecule has 0 spiro atoms. The quantitative estimate of drug-likeness (QED) is 0.720. The van der Waals surface area contributed by atoms with Crippen molar-refractivity contribution < 1.29 is 10.2 Å². The molecule has 0 aliphatic rings. The van der Waals surface area contributed by atoms with Gasteiger partial charge < -0.3 is 10.2 Å². The van der Waals surface area contributed by atoms with Crippen molar-refractivity contribution in [1.29, 1.82) is 0 Å². The van der Waals surface area contributed by atoms with Gasteiger partial charge in [0, 0.05) is 4.88 Å². The van der Waals surface area contributed by atoms with Crippen molar-refractivity contribution in [2.75, 3.05) is 6.61 Å². The maximum absolute atomic E-state index is 9.04. The summed E-state index contributed by atoms with van der Waals surface area (Å²) in [5, 5.41) is 17.6. The average molecular weight is 179 g/mol. The Morgan fingerprint density at radius 1 is 1.60 bits per heavy atom. The highest BCUT2D eigenvalue weighted by atomic mass is 35.5. The minimum absolute atomic E-state index is 0.253. The highest BCUT2D eigenvalue weighted by Crippen LogP contribution is 2.26. The van der Waals surface area contributed by atoms with Gasteiger partial charge in [-0.3, -0.25) is 0 Å². The first-order chi connectivity index (χ1) is 4.74. The lowest BCUT2D eigenvalue weighted by Gasteiger charge is -2.00. The lowest BCUT2D eigenvalue weighted by atomic mass is 10.3. The molecule has 0 aliphatic heterocycles. The summed E-state index contributed by atoms with van der Waals surface area (Å²) in [5.41, 5.74) is 0. The minimum atomic E-state index is -0.780. The summed E-state index contributed by atoms with van der Waals surface area (Å²) >= 11 is 6.86. The molecular weight excluding hydrogens is 172 g/mol. The molecule has 0 radical (unpaired) electrons. The van der Waals surface area contributed by atoms with Crippen LogP contribution in [-0.2, 0) is 0 Å². The maximum atomic E-state index is 9.04. The Kier molecular flexibility index (Phi) is 2.68. The normalized spacial score (nSPS) is 13.5. The summed E-state index contributed by atoms with van der Waals surface area (Å²) < 4.78 is 0.627. The molecule has 0 aromatic carbocycles. The van der Waals surface area contributed by atoms with Crippen molar-refractivity contribution in [3.63, 3.8) is 0 Å². The molecule has 4 heteroatoms. The van der Waals surface area contributed by atoms with Crippen molar-refractivity contribution in [3.05, 3.63) is 21.3 Å². The second-order valence-electron chi connectivity index (χ2n) is 1.84. The Morgan fingerprint density at radius 3 is 2.70 bits per heavy atom.